The maximum atomic E-state index is 12.5. The number of hydrogen-bond donors (Lipinski definition) is 1. The SMILES string of the molecule is CC1Cc2ccccc2N1C(=O)CC1CNCCO1. The molecule has 2 unspecified atom stereocenters. The number of nitrogens with zero attached hydrogens (tertiary/aromatic N) is 1. The molecule has 0 spiro atoms. The van der Waals surface area contributed by atoms with E-state index in [2.05, 4.69) is 18.3 Å². The van der Waals surface area contributed by atoms with Crippen molar-refractivity contribution in [3.05, 3.63) is 29.8 Å². The molecule has 102 valence electrons. The van der Waals surface area contributed by atoms with Crippen LogP contribution in [0.3, 0.4) is 0 Å². The Labute approximate surface area is 113 Å². The van der Waals surface area contributed by atoms with E-state index in [1.54, 1.807) is 0 Å². The van der Waals surface area contributed by atoms with Gasteiger partial charge in [-0.25, -0.2) is 0 Å². The van der Waals surface area contributed by atoms with Gasteiger partial charge < -0.3 is 15.0 Å². The van der Waals surface area contributed by atoms with Crippen LogP contribution in [0.5, 0.6) is 0 Å². The van der Waals surface area contributed by atoms with Gasteiger partial charge in [-0.1, -0.05) is 18.2 Å². The van der Waals surface area contributed by atoms with Crippen LogP contribution in [0.25, 0.3) is 0 Å². The van der Waals surface area contributed by atoms with Crippen molar-refractivity contribution in [3.63, 3.8) is 0 Å². The molecule has 19 heavy (non-hydrogen) atoms. The topological polar surface area (TPSA) is 41.6 Å². The first-order valence-electron chi connectivity index (χ1n) is 6.98. The fraction of sp³-hybridized carbons (Fsp3) is 0.533. The highest BCUT2D eigenvalue weighted by Crippen LogP contribution is 2.32. The Morgan fingerprint density at radius 3 is 3.11 bits per heavy atom. The number of benzene rings is 1. The highest BCUT2D eigenvalue weighted by Gasteiger charge is 2.32. The summed E-state index contributed by atoms with van der Waals surface area (Å²) in [6.07, 6.45) is 1.43. The molecule has 2 aliphatic heterocycles. The number of amides is 1. The number of fused-ring (bicyclic) bond motifs is 1. The number of ether oxygens (including phenoxy) is 1. The first-order chi connectivity index (χ1) is 9.25. The lowest BCUT2D eigenvalue weighted by molar-refractivity contribution is -0.122. The summed E-state index contributed by atoms with van der Waals surface area (Å²) < 4.78 is 5.62. The number of anilines is 1. The van der Waals surface area contributed by atoms with Crippen molar-refractivity contribution in [1.82, 2.24) is 5.32 Å². The lowest BCUT2D eigenvalue weighted by Gasteiger charge is -2.27. The van der Waals surface area contributed by atoms with Crippen molar-refractivity contribution in [2.75, 3.05) is 24.6 Å². The Balaban J connectivity index is 1.72. The van der Waals surface area contributed by atoms with Gasteiger partial charge in [0, 0.05) is 24.8 Å². The van der Waals surface area contributed by atoms with Crippen LogP contribution in [0.2, 0.25) is 0 Å². The molecule has 0 bridgehead atoms. The maximum absolute atomic E-state index is 12.5. The fourth-order valence-corrected chi connectivity index (χ4v) is 2.99. The van der Waals surface area contributed by atoms with E-state index >= 15 is 0 Å². The summed E-state index contributed by atoms with van der Waals surface area (Å²) in [6.45, 7) is 4.46. The fourth-order valence-electron chi connectivity index (χ4n) is 2.99. The van der Waals surface area contributed by atoms with Crippen LogP contribution in [0, 0.1) is 0 Å². The minimum atomic E-state index is 0.0150. The second-order valence-corrected chi connectivity index (χ2v) is 5.35. The molecule has 2 aliphatic rings. The number of para-hydroxylation sites is 1. The molecular weight excluding hydrogens is 240 g/mol. The van der Waals surface area contributed by atoms with Crippen molar-refractivity contribution in [2.45, 2.75) is 31.9 Å². The number of carbonyl (C=O) groups is 1. The summed E-state index contributed by atoms with van der Waals surface area (Å²) in [4.78, 5) is 14.4. The molecule has 0 radical (unpaired) electrons. The van der Waals surface area contributed by atoms with E-state index in [0.29, 0.717) is 13.0 Å². The molecule has 0 aromatic heterocycles. The predicted molar refractivity (Wildman–Crippen MR) is 74.3 cm³/mol. The first kappa shape index (κ1) is 12.6. The molecule has 2 atom stereocenters. The van der Waals surface area contributed by atoms with E-state index in [4.69, 9.17) is 4.74 Å². The van der Waals surface area contributed by atoms with Crippen LogP contribution in [-0.2, 0) is 16.0 Å². The molecular formula is C15H20N2O2. The summed E-state index contributed by atoms with van der Waals surface area (Å²) in [5.74, 6) is 0.172. The van der Waals surface area contributed by atoms with Crippen molar-refractivity contribution in [1.29, 1.82) is 0 Å². The molecule has 0 aliphatic carbocycles. The molecule has 1 amide bonds. The highest BCUT2D eigenvalue weighted by atomic mass is 16.5. The highest BCUT2D eigenvalue weighted by molar-refractivity contribution is 5.96. The molecule has 1 N–H and O–H groups in total. The van der Waals surface area contributed by atoms with Gasteiger partial charge in [0.05, 0.1) is 19.1 Å². The van der Waals surface area contributed by atoms with Crippen molar-refractivity contribution < 1.29 is 9.53 Å². The van der Waals surface area contributed by atoms with Crippen LogP contribution in [-0.4, -0.2) is 37.7 Å². The summed E-state index contributed by atoms with van der Waals surface area (Å²) >= 11 is 0. The third-order valence-electron chi connectivity index (χ3n) is 3.88. The van der Waals surface area contributed by atoms with Crippen molar-refractivity contribution >= 4 is 11.6 Å². The van der Waals surface area contributed by atoms with Gasteiger partial charge in [-0.05, 0) is 25.0 Å². The average molecular weight is 260 g/mol. The van der Waals surface area contributed by atoms with Gasteiger partial charge >= 0.3 is 0 Å². The molecule has 4 heteroatoms. The van der Waals surface area contributed by atoms with Crippen LogP contribution < -0.4 is 10.2 Å². The Morgan fingerprint density at radius 1 is 1.47 bits per heavy atom. The van der Waals surface area contributed by atoms with Crippen LogP contribution in [0.1, 0.15) is 18.9 Å². The van der Waals surface area contributed by atoms with Gasteiger partial charge in [0.15, 0.2) is 0 Å². The third-order valence-corrected chi connectivity index (χ3v) is 3.88. The second-order valence-electron chi connectivity index (χ2n) is 5.35. The predicted octanol–water partition coefficient (Wildman–Crippen LogP) is 1.34. The molecule has 4 nitrogen and oxygen atoms in total. The van der Waals surface area contributed by atoms with Gasteiger partial charge in [-0.3, -0.25) is 4.79 Å². The number of nitrogens with one attached hydrogen (secondary N) is 1. The van der Waals surface area contributed by atoms with E-state index in [9.17, 15) is 4.79 Å². The molecule has 1 saturated heterocycles. The van der Waals surface area contributed by atoms with Gasteiger partial charge in [0.25, 0.3) is 0 Å². The minimum absolute atomic E-state index is 0.0150. The summed E-state index contributed by atoms with van der Waals surface area (Å²) in [5.41, 5.74) is 2.34. The monoisotopic (exact) mass is 260 g/mol. The standard InChI is InChI=1S/C15H20N2O2/c1-11-8-12-4-2-3-5-14(12)17(11)15(18)9-13-10-16-6-7-19-13/h2-5,11,13,16H,6-10H2,1H3. The average Bonchev–Trinajstić information content (AvgIpc) is 2.75. The summed E-state index contributed by atoms with van der Waals surface area (Å²) in [7, 11) is 0. The maximum Gasteiger partial charge on any atom is 0.229 e. The normalized spacial score (nSPS) is 26.3. The van der Waals surface area contributed by atoms with Crippen molar-refractivity contribution in [2.24, 2.45) is 0 Å². The zero-order valence-electron chi connectivity index (χ0n) is 11.3. The van der Waals surface area contributed by atoms with E-state index < -0.39 is 0 Å². The molecule has 0 saturated carbocycles. The second kappa shape index (κ2) is 5.31. The third kappa shape index (κ3) is 2.51. The molecule has 2 heterocycles. The zero-order valence-corrected chi connectivity index (χ0v) is 11.3. The number of morpholine rings is 1. The van der Waals surface area contributed by atoms with Gasteiger partial charge in [0.2, 0.25) is 5.91 Å². The van der Waals surface area contributed by atoms with Gasteiger partial charge in [0.1, 0.15) is 0 Å². The van der Waals surface area contributed by atoms with E-state index in [-0.39, 0.29) is 18.1 Å². The smallest absolute Gasteiger partial charge is 0.229 e. The first-order valence-corrected chi connectivity index (χ1v) is 6.98. The molecule has 1 fully saturated rings. The van der Waals surface area contributed by atoms with E-state index in [1.165, 1.54) is 5.56 Å². The quantitative estimate of drug-likeness (QED) is 0.872. The Hall–Kier alpha value is -1.39. The Bertz CT molecular complexity index is 469. The van der Waals surface area contributed by atoms with Gasteiger partial charge in [-0.2, -0.15) is 0 Å². The minimum Gasteiger partial charge on any atom is -0.375 e. The van der Waals surface area contributed by atoms with Crippen molar-refractivity contribution in [3.8, 4) is 0 Å². The molecule has 3 rings (SSSR count). The largest absolute Gasteiger partial charge is 0.375 e. The summed E-state index contributed by atoms with van der Waals surface area (Å²) in [5, 5.41) is 3.27. The lowest BCUT2D eigenvalue weighted by Crippen LogP contribution is -2.43. The van der Waals surface area contributed by atoms with Crippen LogP contribution >= 0.6 is 0 Å². The molecule has 1 aromatic carbocycles. The van der Waals surface area contributed by atoms with E-state index in [0.717, 1.165) is 25.2 Å². The van der Waals surface area contributed by atoms with E-state index in [1.807, 2.05) is 23.1 Å². The number of hydrogen-bond acceptors (Lipinski definition) is 3. The Kier molecular flexibility index (Phi) is 3.53. The number of rotatable bonds is 2. The zero-order chi connectivity index (χ0) is 13.2. The van der Waals surface area contributed by atoms with Gasteiger partial charge in [-0.15, -0.1) is 0 Å². The molecule has 1 aromatic rings. The van der Waals surface area contributed by atoms with Crippen LogP contribution in [0.4, 0.5) is 5.69 Å². The van der Waals surface area contributed by atoms with Crippen LogP contribution in [0.15, 0.2) is 24.3 Å². The summed E-state index contributed by atoms with van der Waals surface area (Å²) in [6, 6.07) is 8.43. The number of carbonyl (C=O) groups excluding carboxylic acids is 1. The lowest BCUT2D eigenvalue weighted by atomic mass is 10.1. The Morgan fingerprint density at radius 2 is 2.32 bits per heavy atom.